The van der Waals surface area contributed by atoms with Gasteiger partial charge in [0.05, 0.1) is 0 Å². The molecule has 0 spiro atoms. The number of allylic oxidation sites excluding steroid dienone is 1. The summed E-state index contributed by atoms with van der Waals surface area (Å²) in [7, 11) is 0. The van der Waals surface area contributed by atoms with Crippen LogP contribution >= 0.6 is 0 Å². The molecule has 0 aliphatic rings. The van der Waals surface area contributed by atoms with Crippen molar-refractivity contribution < 1.29 is 18.0 Å². The van der Waals surface area contributed by atoms with Gasteiger partial charge in [-0.15, -0.1) is 0 Å². The van der Waals surface area contributed by atoms with Crippen LogP contribution in [-0.4, -0.2) is 5.78 Å². The summed E-state index contributed by atoms with van der Waals surface area (Å²) in [5.41, 5.74) is 0.616. The van der Waals surface area contributed by atoms with Crippen LogP contribution in [0.4, 0.5) is 8.78 Å². The molecule has 0 unspecified atom stereocenters. The van der Waals surface area contributed by atoms with Crippen molar-refractivity contribution in [2.24, 2.45) is 0 Å². The molecule has 0 fully saturated rings. The molecule has 0 bridgehead atoms. The van der Waals surface area contributed by atoms with Crippen molar-refractivity contribution in [1.82, 2.24) is 0 Å². The van der Waals surface area contributed by atoms with E-state index < -0.39 is 17.4 Å². The molecule has 3 aromatic rings. The molecule has 0 aliphatic carbocycles. The minimum absolute atomic E-state index is 0.0134. The molecule has 0 aliphatic heterocycles. The largest absolute Gasteiger partial charge is 0.453 e. The lowest BCUT2D eigenvalue weighted by atomic mass is 10.1. The summed E-state index contributed by atoms with van der Waals surface area (Å²) in [6, 6.07) is 12.6. The Bertz CT molecular complexity index is 814. The highest BCUT2D eigenvalue weighted by Crippen LogP contribution is 2.20. The van der Waals surface area contributed by atoms with Gasteiger partial charge in [-0.25, -0.2) is 8.78 Å². The van der Waals surface area contributed by atoms with Gasteiger partial charge in [0.2, 0.25) is 5.78 Å². The van der Waals surface area contributed by atoms with Crippen molar-refractivity contribution in [3.63, 3.8) is 0 Å². The molecule has 0 amide bonds. The summed E-state index contributed by atoms with van der Waals surface area (Å²) < 4.78 is 31.9. The topological polar surface area (TPSA) is 30.2 Å². The Labute approximate surface area is 119 Å². The van der Waals surface area contributed by atoms with E-state index in [-0.39, 0.29) is 11.3 Å². The van der Waals surface area contributed by atoms with Crippen molar-refractivity contribution in [1.29, 1.82) is 0 Å². The van der Waals surface area contributed by atoms with Crippen LogP contribution in [0.1, 0.15) is 16.1 Å². The van der Waals surface area contributed by atoms with E-state index in [1.807, 2.05) is 12.1 Å². The first-order valence-corrected chi connectivity index (χ1v) is 6.30. The van der Waals surface area contributed by atoms with E-state index in [2.05, 4.69) is 0 Å². The van der Waals surface area contributed by atoms with Gasteiger partial charge in [-0.2, -0.15) is 0 Å². The maximum Gasteiger partial charge on any atom is 0.221 e. The Morgan fingerprint density at radius 3 is 2.67 bits per heavy atom. The highest BCUT2D eigenvalue weighted by atomic mass is 19.2. The van der Waals surface area contributed by atoms with Gasteiger partial charge in [-0.3, -0.25) is 4.79 Å². The summed E-state index contributed by atoms with van der Waals surface area (Å²) in [5, 5.41) is 0.811. The Balaban J connectivity index is 1.88. The number of halogens is 2. The summed E-state index contributed by atoms with van der Waals surface area (Å²) >= 11 is 0. The lowest BCUT2D eigenvalue weighted by Crippen LogP contribution is -1.92. The van der Waals surface area contributed by atoms with Crippen LogP contribution in [-0.2, 0) is 0 Å². The highest BCUT2D eigenvalue weighted by molar-refractivity contribution is 6.06. The fourth-order valence-electron chi connectivity index (χ4n) is 2.00. The normalized spacial score (nSPS) is 11.3. The lowest BCUT2D eigenvalue weighted by molar-refractivity contribution is 0.102. The van der Waals surface area contributed by atoms with Crippen molar-refractivity contribution >= 4 is 22.8 Å². The van der Waals surface area contributed by atoms with Gasteiger partial charge in [-0.1, -0.05) is 30.3 Å². The second-order valence-electron chi connectivity index (χ2n) is 4.49. The molecule has 104 valence electrons. The van der Waals surface area contributed by atoms with Crippen molar-refractivity contribution in [2.75, 3.05) is 0 Å². The number of fused-ring (bicyclic) bond motifs is 1. The van der Waals surface area contributed by atoms with E-state index in [4.69, 9.17) is 4.42 Å². The quantitative estimate of drug-likeness (QED) is 0.519. The molecule has 1 aromatic heterocycles. The number of carbonyl (C=O) groups is 1. The summed E-state index contributed by atoms with van der Waals surface area (Å²) in [5.74, 6) is -2.18. The summed E-state index contributed by atoms with van der Waals surface area (Å²) in [6.07, 6.45) is 2.39. The van der Waals surface area contributed by atoms with Crippen LogP contribution in [0.2, 0.25) is 0 Å². The SMILES string of the molecule is O=C(/C=C/c1cccc(F)c1F)c1cc2ccccc2o1. The molecule has 3 rings (SSSR count). The number of carbonyl (C=O) groups excluding carboxylic acids is 1. The zero-order valence-electron chi connectivity index (χ0n) is 10.8. The Morgan fingerprint density at radius 1 is 1.05 bits per heavy atom. The average Bonchev–Trinajstić information content (AvgIpc) is 2.92. The number of hydrogen-bond donors (Lipinski definition) is 0. The predicted molar refractivity (Wildman–Crippen MR) is 75.9 cm³/mol. The number of furan rings is 1. The van der Waals surface area contributed by atoms with Crippen LogP contribution in [0.3, 0.4) is 0 Å². The van der Waals surface area contributed by atoms with Crippen LogP contribution in [0, 0.1) is 11.6 Å². The average molecular weight is 284 g/mol. The van der Waals surface area contributed by atoms with Crippen LogP contribution in [0.15, 0.2) is 59.0 Å². The molecule has 4 heteroatoms. The minimum atomic E-state index is -0.980. The maximum absolute atomic E-state index is 13.5. The number of ketones is 1. The number of para-hydroxylation sites is 1. The molecular weight excluding hydrogens is 274 g/mol. The number of hydrogen-bond acceptors (Lipinski definition) is 2. The number of benzene rings is 2. The molecule has 2 aromatic carbocycles. The molecule has 0 N–H and O–H groups in total. The highest BCUT2D eigenvalue weighted by Gasteiger charge is 2.10. The van der Waals surface area contributed by atoms with Crippen molar-refractivity contribution in [3.05, 3.63) is 77.6 Å². The Kier molecular flexibility index (Phi) is 3.36. The first kappa shape index (κ1) is 13.2. The zero-order chi connectivity index (χ0) is 14.8. The van der Waals surface area contributed by atoms with Crippen molar-refractivity contribution in [2.45, 2.75) is 0 Å². The third-order valence-corrected chi connectivity index (χ3v) is 3.06. The molecule has 21 heavy (non-hydrogen) atoms. The fourth-order valence-corrected chi connectivity index (χ4v) is 2.00. The van der Waals surface area contributed by atoms with Gasteiger partial charge in [0.25, 0.3) is 0 Å². The summed E-state index contributed by atoms with van der Waals surface area (Å²) in [4.78, 5) is 12.0. The second-order valence-corrected chi connectivity index (χ2v) is 4.49. The van der Waals surface area contributed by atoms with Crippen LogP contribution in [0.25, 0.3) is 17.0 Å². The van der Waals surface area contributed by atoms with Gasteiger partial charge in [-0.05, 0) is 30.4 Å². The maximum atomic E-state index is 13.5. The Hall–Kier alpha value is -2.75. The van der Waals surface area contributed by atoms with Gasteiger partial charge in [0.1, 0.15) is 5.58 Å². The smallest absolute Gasteiger partial charge is 0.221 e. The van der Waals surface area contributed by atoms with E-state index in [1.165, 1.54) is 18.2 Å². The Morgan fingerprint density at radius 2 is 1.86 bits per heavy atom. The van der Waals surface area contributed by atoms with Gasteiger partial charge < -0.3 is 4.42 Å². The molecular formula is C17H10F2O2. The summed E-state index contributed by atoms with van der Waals surface area (Å²) in [6.45, 7) is 0. The minimum Gasteiger partial charge on any atom is -0.453 e. The van der Waals surface area contributed by atoms with E-state index in [0.717, 1.165) is 17.5 Å². The molecule has 2 nitrogen and oxygen atoms in total. The van der Waals surface area contributed by atoms with Crippen LogP contribution < -0.4 is 0 Å². The molecule has 0 saturated heterocycles. The third-order valence-electron chi connectivity index (χ3n) is 3.06. The first-order chi connectivity index (χ1) is 10.1. The fraction of sp³-hybridized carbons (Fsp3) is 0. The first-order valence-electron chi connectivity index (χ1n) is 6.30. The third kappa shape index (κ3) is 2.60. The van der Waals surface area contributed by atoms with E-state index in [0.29, 0.717) is 5.58 Å². The molecule has 0 atom stereocenters. The second kappa shape index (κ2) is 5.32. The van der Waals surface area contributed by atoms with Crippen molar-refractivity contribution in [3.8, 4) is 0 Å². The van der Waals surface area contributed by atoms with E-state index >= 15 is 0 Å². The number of rotatable bonds is 3. The standard InChI is InChI=1S/C17H10F2O2/c18-13-6-3-5-11(17(13)19)8-9-14(20)16-10-12-4-1-2-7-15(12)21-16/h1-10H/b9-8+. The van der Waals surface area contributed by atoms with Gasteiger partial charge in [0.15, 0.2) is 17.4 Å². The van der Waals surface area contributed by atoms with Crippen LogP contribution in [0.5, 0.6) is 0 Å². The van der Waals surface area contributed by atoms with E-state index in [9.17, 15) is 13.6 Å². The zero-order valence-corrected chi connectivity index (χ0v) is 10.8. The molecule has 0 radical (unpaired) electrons. The van der Waals surface area contributed by atoms with Gasteiger partial charge >= 0.3 is 0 Å². The molecule has 1 heterocycles. The van der Waals surface area contributed by atoms with Gasteiger partial charge in [0, 0.05) is 10.9 Å². The monoisotopic (exact) mass is 284 g/mol. The molecule has 0 saturated carbocycles. The lowest BCUT2D eigenvalue weighted by Gasteiger charge is -1.96. The van der Waals surface area contributed by atoms with E-state index in [1.54, 1.807) is 18.2 Å². The predicted octanol–water partition coefficient (Wildman–Crippen LogP) is 4.61.